The van der Waals surface area contributed by atoms with Crippen LogP contribution in [-0.2, 0) is 20.9 Å². The molecule has 23 heavy (non-hydrogen) atoms. The summed E-state index contributed by atoms with van der Waals surface area (Å²) in [6.45, 7) is 1.56. The van der Waals surface area contributed by atoms with Gasteiger partial charge in [-0.2, -0.15) is 0 Å². The van der Waals surface area contributed by atoms with Crippen LogP contribution < -0.4 is 11.1 Å². The molecule has 4 N–H and O–H groups in total. The van der Waals surface area contributed by atoms with Gasteiger partial charge in [-0.15, -0.1) is 0 Å². The van der Waals surface area contributed by atoms with Gasteiger partial charge in [0.05, 0.1) is 6.42 Å². The lowest BCUT2D eigenvalue weighted by molar-refractivity contribution is -0.392. The number of nitrogens with one attached hydrogen (secondary N) is 1. The predicted octanol–water partition coefficient (Wildman–Crippen LogP) is -0.757. The molecular formula is C11H16N6O6. The van der Waals surface area contributed by atoms with Crippen LogP contribution in [0.3, 0.4) is 0 Å². The number of nitrogens with two attached hydrogens (primary N) is 1. The number of nitro groups is 1. The van der Waals surface area contributed by atoms with E-state index in [0.717, 1.165) is 6.20 Å². The van der Waals surface area contributed by atoms with Crippen LogP contribution in [0.15, 0.2) is 11.4 Å². The zero-order chi connectivity index (χ0) is 17.4. The minimum atomic E-state index is -0.653. The summed E-state index contributed by atoms with van der Waals surface area (Å²) < 4.78 is 6.19. The number of ether oxygens (including phenoxy) is 1. The minimum absolute atomic E-state index is 0.0736. The third kappa shape index (κ3) is 5.61. The number of aryl methyl sites for hydroxylation is 1. The molecule has 0 spiro atoms. The summed E-state index contributed by atoms with van der Waals surface area (Å²) >= 11 is 0. The molecule has 1 aromatic heterocycles. The minimum Gasteiger partial charge on any atom is -0.461 e. The largest absolute Gasteiger partial charge is 0.461 e. The Morgan fingerprint density at radius 1 is 1.57 bits per heavy atom. The van der Waals surface area contributed by atoms with Crippen LogP contribution in [0.25, 0.3) is 0 Å². The maximum atomic E-state index is 11.5. The smallest absolute Gasteiger partial charge is 0.342 e. The molecule has 12 nitrogen and oxygen atoms in total. The highest BCUT2D eigenvalue weighted by atomic mass is 16.6. The lowest BCUT2D eigenvalue weighted by Gasteiger charge is -2.05. The third-order valence-corrected chi connectivity index (χ3v) is 2.73. The van der Waals surface area contributed by atoms with Gasteiger partial charge in [-0.3, -0.25) is 14.9 Å². The molecule has 1 rings (SSSR count). The van der Waals surface area contributed by atoms with E-state index in [4.69, 9.17) is 15.7 Å². The predicted molar refractivity (Wildman–Crippen MR) is 75.4 cm³/mol. The highest BCUT2D eigenvalue weighted by molar-refractivity contribution is 5.96. The van der Waals surface area contributed by atoms with Gasteiger partial charge < -0.3 is 25.8 Å². The zero-order valence-corrected chi connectivity index (χ0v) is 12.3. The van der Waals surface area contributed by atoms with Crippen LogP contribution in [0.2, 0.25) is 0 Å². The number of esters is 1. The maximum absolute atomic E-state index is 11.5. The number of nitrogens with zero attached hydrogens (tertiary/aromatic N) is 4. The number of oxime groups is 1. The number of carbonyl (C=O) groups excluding carboxylic acids is 2. The molecule has 0 atom stereocenters. The Morgan fingerprint density at radius 3 is 2.87 bits per heavy atom. The lowest BCUT2D eigenvalue weighted by atomic mass is 10.3. The number of aromatic nitrogens is 2. The van der Waals surface area contributed by atoms with Crippen LogP contribution in [0.4, 0.5) is 5.82 Å². The zero-order valence-electron chi connectivity index (χ0n) is 12.3. The second-order valence-corrected chi connectivity index (χ2v) is 4.33. The molecule has 1 aromatic rings. The molecule has 0 aromatic carbocycles. The lowest BCUT2D eigenvalue weighted by Crippen LogP contribution is -2.36. The molecule has 0 bridgehead atoms. The van der Waals surface area contributed by atoms with E-state index < -0.39 is 22.8 Å². The Labute approximate surface area is 130 Å². The molecule has 0 fully saturated rings. The summed E-state index contributed by atoms with van der Waals surface area (Å²) in [5, 5.41) is 23.6. The number of carbonyl (C=O) groups is 2. The number of imidazole rings is 1. The Bertz CT molecular complexity index is 625. The van der Waals surface area contributed by atoms with E-state index in [2.05, 4.69) is 10.1 Å². The van der Waals surface area contributed by atoms with Crippen molar-refractivity contribution >= 4 is 23.7 Å². The first-order valence-corrected chi connectivity index (χ1v) is 6.44. The summed E-state index contributed by atoms with van der Waals surface area (Å²) in [6.07, 6.45) is 0.698. The molecule has 0 aliphatic carbocycles. The molecule has 126 valence electrons. The average Bonchev–Trinajstić information content (AvgIpc) is 2.86. The summed E-state index contributed by atoms with van der Waals surface area (Å²) in [7, 11) is 0. The van der Waals surface area contributed by atoms with Crippen molar-refractivity contribution in [3.63, 3.8) is 0 Å². The standard InChI is InChI=1S/C11H16N6O6/c1-7-13-6-9(17(21)22)16(7)4-5-23-10(19)3-2-8(18)14-11(12)15-20/h6,20H,2-5H2,1H3,(H3,12,14,15,18). The molecule has 12 heteroatoms. The molecule has 1 amide bonds. The van der Waals surface area contributed by atoms with Crippen molar-refractivity contribution in [1.82, 2.24) is 14.9 Å². The number of guanidine groups is 1. The quantitative estimate of drug-likeness (QED) is 0.146. The van der Waals surface area contributed by atoms with Crippen LogP contribution in [0.1, 0.15) is 18.7 Å². The van der Waals surface area contributed by atoms with E-state index in [-0.39, 0.29) is 31.8 Å². The number of rotatable bonds is 7. The number of hydrogen-bond acceptors (Lipinski definition) is 8. The van der Waals surface area contributed by atoms with Gasteiger partial charge >= 0.3 is 11.8 Å². The van der Waals surface area contributed by atoms with Gasteiger partial charge in [-0.05, 0) is 4.92 Å². The Hall–Kier alpha value is -3.18. The van der Waals surface area contributed by atoms with Crippen LogP contribution in [0.5, 0.6) is 0 Å². The van der Waals surface area contributed by atoms with E-state index in [1.807, 2.05) is 5.32 Å². The monoisotopic (exact) mass is 328 g/mol. The van der Waals surface area contributed by atoms with E-state index in [0.29, 0.717) is 5.82 Å². The van der Waals surface area contributed by atoms with Crippen LogP contribution in [-0.4, -0.2) is 44.1 Å². The topological polar surface area (TPSA) is 175 Å². The average molecular weight is 328 g/mol. The molecule has 0 saturated carbocycles. The van der Waals surface area contributed by atoms with Gasteiger partial charge in [0.2, 0.25) is 11.9 Å². The molecular weight excluding hydrogens is 312 g/mol. The Kier molecular flexibility index (Phi) is 6.46. The second kappa shape index (κ2) is 8.31. The first kappa shape index (κ1) is 17.9. The first-order chi connectivity index (χ1) is 10.8. The van der Waals surface area contributed by atoms with Gasteiger partial charge in [0.25, 0.3) is 0 Å². The molecule has 0 unspecified atom stereocenters. The van der Waals surface area contributed by atoms with Crippen LogP contribution >= 0.6 is 0 Å². The summed E-state index contributed by atoms with van der Waals surface area (Å²) in [5.74, 6) is -1.52. The molecule has 0 aliphatic heterocycles. The van der Waals surface area contributed by atoms with Gasteiger partial charge in [-0.1, -0.05) is 5.16 Å². The third-order valence-electron chi connectivity index (χ3n) is 2.73. The maximum Gasteiger partial charge on any atom is 0.342 e. The van der Waals surface area contributed by atoms with Crippen LogP contribution in [0, 0.1) is 17.0 Å². The molecule has 0 saturated heterocycles. The summed E-state index contributed by atoms with van der Waals surface area (Å²) in [4.78, 5) is 36.7. The molecule has 0 aliphatic rings. The fraction of sp³-hybridized carbons (Fsp3) is 0.455. The number of amides is 1. The van der Waals surface area contributed by atoms with Crippen molar-refractivity contribution in [3.8, 4) is 0 Å². The summed E-state index contributed by atoms with van der Waals surface area (Å²) in [5.41, 5.74) is 5.06. The van der Waals surface area contributed by atoms with Crippen molar-refractivity contribution in [2.45, 2.75) is 26.3 Å². The van der Waals surface area contributed by atoms with Gasteiger partial charge in [-0.25, -0.2) is 9.55 Å². The fourth-order valence-electron chi connectivity index (χ4n) is 1.65. The fourth-order valence-corrected chi connectivity index (χ4v) is 1.65. The van der Waals surface area contributed by atoms with E-state index >= 15 is 0 Å². The molecule has 0 radical (unpaired) electrons. The van der Waals surface area contributed by atoms with Gasteiger partial charge in [0, 0.05) is 13.3 Å². The van der Waals surface area contributed by atoms with E-state index in [1.165, 1.54) is 4.57 Å². The van der Waals surface area contributed by atoms with Crippen molar-refractivity contribution in [2.24, 2.45) is 10.9 Å². The second-order valence-electron chi connectivity index (χ2n) is 4.33. The summed E-state index contributed by atoms with van der Waals surface area (Å²) in [6, 6.07) is 0. The Morgan fingerprint density at radius 2 is 2.26 bits per heavy atom. The highest BCUT2D eigenvalue weighted by Crippen LogP contribution is 2.13. The SMILES string of the molecule is Cc1ncc([N+](=O)[O-])n1CCOC(=O)CCC(=O)N/C(N)=N/O. The van der Waals surface area contributed by atoms with Crippen molar-refractivity contribution < 1.29 is 24.5 Å². The number of hydrogen-bond donors (Lipinski definition) is 3. The van der Waals surface area contributed by atoms with Crippen molar-refractivity contribution in [1.29, 1.82) is 0 Å². The first-order valence-electron chi connectivity index (χ1n) is 6.44. The van der Waals surface area contributed by atoms with Crippen molar-refractivity contribution in [2.75, 3.05) is 6.61 Å². The molecule has 1 heterocycles. The van der Waals surface area contributed by atoms with Gasteiger partial charge in [0.15, 0.2) is 5.82 Å². The Balaban J connectivity index is 2.36. The van der Waals surface area contributed by atoms with E-state index in [9.17, 15) is 19.7 Å². The van der Waals surface area contributed by atoms with Crippen molar-refractivity contribution in [3.05, 3.63) is 22.1 Å². The normalized spacial score (nSPS) is 11.1. The van der Waals surface area contributed by atoms with Gasteiger partial charge in [0.1, 0.15) is 19.3 Å². The van der Waals surface area contributed by atoms with E-state index in [1.54, 1.807) is 6.92 Å². The highest BCUT2D eigenvalue weighted by Gasteiger charge is 2.17.